The number of rotatable bonds is 2. The van der Waals surface area contributed by atoms with Crippen molar-refractivity contribution in [2.24, 2.45) is 5.92 Å². The van der Waals surface area contributed by atoms with Crippen LogP contribution in [0.2, 0.25) is 0 Å². The summed E-state index contributed by atoms with van der Waals surface area (Å²) in [5.41, 5.74) is 1.08. The van der Waals surface area contributed by atoms with E-state index in [-0.39, 0.29) is 23.6 Å². The van der Waals surface area contributed by atoms with E-state index in [2.05, 4.69) is 5.32 Å². The molecule has 3 atom stereocenters. The largest absolute Gasteiger partial charge is 0.416 e. The minimum atomic E-state index is -4.40. The molecule has 1 N–H and O–H groups in total. The van der Waals surface area contributed by atoms with Gasteiger partial charge in [-0.1, -0.05) is 30.4 Å². The topological polar surface area (TPSA) is 55.2 Å². The summed E-state index contributed by atoms with van der Waals surface area (Å²) in [5.74, 6) is -0.259. The van der Waals surface area contributed by atoms with Crippen LogP contribution in [0.4, 0.5) is 24.5 Å². The summed E-state index contributed by atoms with van der Waals surface area (Å²) in [5, 5.41) is 14.6. The van der Waals surface area contributed by atoms with Gasteiger partial charge in [0.2, 0.25) is 0 Å². The molecule has 0 aromatic heterocycles. The van der Waals surface area contributed by atoms with Crippen LogP contribution in [0.15, 0.2) is 54.6 Å². The fourth-order valence-corrected chi connectivity index (χ4v) is 4.00. The van der Waals surface area contributed by atoms with Crippen LogP contribution in [0, 0.1) is 16.0 Å². The van der Waals surface area contributed by atoms with Gasteiger partial charge in [0.1, 0.15) is 0 Å². The predicted molar refractivity (Wildman–Crippen MR) is 90.9 cm³/mol. The summed E-state index contributed by atoms with van der Waals surface area (Å²) in [7, 11) is 0. The number of hydrogen-bond acceptors (Lipinski definition) is 3. The molecular formula is C19H15F3N2O2. The van der Waals surface area contributed by atoms with Crippen LogP contribution >= 0.6 is 0 Å². The van der Waals surface area contributed by atoms with Crippen LogP contribution in [0.3, 0.4) is 0 Å². The molecule has 0 unspecified atom stereocenters. The van der Waals surface area contributed by atoms with E-state index < -0.39 is 16.7 Å². The fraction of sp³-hybridized carbons (Fsp3) is 0.263. The van der Waals surface area contributed by atoms with E-state index in [4.69, 9.17) is 0 Å². The Bertz CT molecular complexity index is 908. The second-order valence-corrected chi connectivity index (χ2v) is 6.59. The van der Waals surface area contributed by atoms with Crippen molar-refractivity contribution in [1.29, 1.82) is 0 Å². The monoisotopic (exact) mass is 360 g/mol. The number of para-hydroxylation sites is 1. The number of allylic oxidation sites excluding steroid dienone is 2. The molecule has 1 heterocycles. The number of hydrogen-bond donors (Lipinski definition) is 1. The first kappa shape index (κ1) is 16.6. The highest BCUT2D eigenvalue weighted by atomic mass is 19.4. The van der Waals surface area contributed by atoms with Crippen molar-refractivity contribution in [2.45, 2.75) is 24.6 Å². The maximum absolute atomic E-state index is 13.1. The maximum atomic E-state index is 13.1. The maximum Gasteiger partial charge on any atom is 0.416 e. The van der Waals surface area contributed by atoms with E-state index in [1.165, 1.54) is 18.2 Å². The van der Waals surface area contributed by atoms with Gasteiger partial charge in [0.25, 0.3) is 5.69 Å². The molecule has 26 heavy (non-hydrogen) atoms. The third-order valence-electron chi connectivity index (χ3n) is 5.16. The number of anilines is 1. The van der Waals surface area contributed by atoms with E-state index >= 15 is 0 Å². The highest BCUT2D eigenvalue weighted by molar-refractivity contribution is 5.62. The lowest BCUT2D eigenvalue weighted by Gasteiger charge is -2.37. The van der Waals surface area contributed by atoms with Crippen LogP contribution in [0.25, 0.3) is 0 Å². The molecule has 1 aliphatic carbocycles. The first-order valence-electron chi connectivity index (χ1n) is 8.24. The Kier molecular flexibility index (Phi) is 3.75. The molecule has 4 rings (SSSR count). The van der Waals surface area contributed by atoms with Crippen molar-refractivity contribution in [1.82, 2.24) is 0 Å². The molecular weight excluding hydrogens is 345 g/mol. The minimum absolute atomic E-state index is 0.0195. The SMILES string of the molecule is O=[N+]([O-])c1ccccc1[C@@H]1Nc2ccc(C(F)(F)F)cc2[C@H]2C=CC[C@H]21. The Morgan fingerprint density at radius 2 is 1.88 bits per heavy atom. The van der Waals surface area contributed by atoms with Gasteiger partial charge in [0, 0.05) is 17.7 Å². The first-order valence-corrected chi connectivity index (χ1v) is 8.24. The van der Waals surface area contributed by atoms with Crippen molar-refractivity contribution in [3.05, 3.63) is 81.4 Å². The number of alkyl halides is 3. The molecule has 0 fully saturated rings. The number of nitro groups is 1. The Balaban J connectivity index is 1.80. The first-order chi connectivity index (χ1) is 12.4. The van der Waals surface area contributed by atoms with Gasteiger partial charge in [-0.05, 0) is 36.1 Å². The van der Waals surface area contributed by atoms with Crippen molar-refractivity contribution in [3.8, 4) is 0 Å². The third-order valence-corrected chi connectivity index (χ3v) is 5.16. The molecule has 0 saturated carbocycles. The zero-order valence-corrected chi connectivity index (χ0v) is 13.5. The molecule has 7 heteroatoms. The summed E-state index contributed by atoms with van der Waals surface area (Å²) in [6, 6.07) is 9.83. The number of fused-ring (bicyclic) bond motifs is 3. The molecule has 0 spiro atoms. The predicted octanol–water partition coefficient (Wildman–Crippen LogP) is 5.44. The molecule has 134 valence electrons. The van der Waals surface area contributed by atoms with Gasteiger partial charge in [0.05, 0.1) is 22.1 Å². The molecule has 1 aliphatic heterocycles. The van der Waals surface area contributed by atoms with Gasteiger partial charge in [0.15, 0.2) is 0 Å². The molecule has 0 saturated heterocycles. The van der Waals surface area contributed by atoms with Gasteiger partial charge in [-0.25, -0.2) is 0 Å². The van der Waals surface area contributed by atoms with E-state index in [1.807, 2.05) is 12.2 Å². The third kappa shape index (κ3) is 2.64. The summed E-state index contributed by atoms with van der Waals surface area (Å²) in [4.78, 5) is 11.0. The van der Waals surface area contributed by atoms with Gasteiger partial charge in [-0.15, -0.1) is 0 Å². The number of nitrogens with one attached hydrogen (secondary N) is 1. The van der Waals surface area contributed by atoms with E-state index in [9.17, 15) is 23.3 Å². The lowest BCUT2D eigenvalue weighted by Crippen LogP contribution is -2.29. The minimum Gasteiger partial charge on any atom is -0.377 e. The molecule has 2 aliphatic rings. The summed E-state index contributed by atoms with van der Waals surface area (Å²) in [6.07, 6.45) is 0.104. The Morgan fingerprint density at radius 3 is 2.62 bits per heavy atom. The van der Waals surface area contributed by atoms with Crippen molar-refractivity contribution >= 4 is 11.4 Å². The Morgan fingerprint density at radius 1 is 1.12 bits per heavy atom. The zero-order valence-electron chi connectivity index (χ0n) is 13.5. The van der Waals surface area contributed by atoms with Gasteiger partial charge >= 0.3 is 6.18 Å². The number of nitro benzene ring substituents is 1. The van der Waals surface area contributed by atoms with Crippen molar-refractivity contribution in [2.75, 3.05) is 5.32 Å². The molecule has 0 radical (unpaired) electrons. The van der Waals surface area contributed by atoms with E-state index in [0.29, 0.717) is 23.2 Å². The highest BCUT2D eigenvalue weighted by Gasteiger charge is 2.41. The fourth-order valence-electron chi connectivity index (χ4n) is 4.00. The summed E-state index contributed by atoms with van der Waals surface area (Å²) in [6.45, 7) is 0. The van der Waals surface area contributed by atoms with Crippen molar-refractivity contribution in [3.63, 3.8) is 0 Å². The standard InChI is InChI=1S/C19H15F3N2O2/c20-19(21,22)11-8-9-16-15(10-11)12-5-3-6-13(12)18(23-16)14-4-1-2-7-17(14)24(25)26/h1-5,7-10,12-13,18,23H,6H2/t12-,13+,18+/m0/s1. The van der Waals surface area contributed by atoms with Gasteiger partial charge in [-0.3, -0.25) is 10.1 Å². The summed E-state index contributed by atoms with van der Waals surface area (Å²) < 4.78 is 39.2. The second kappa shape index (κ2) is 5.86. The van der Waals surface area contributed by atoms with Crippen molar-refractivity contribution < 1.29 is 18.1 Å². The zero-order chi connectivity index (χ0) is 18.5. The lowest BCUT2D eigenvalue weighted by atomic mass is 9.76. The quantitative estimate of drug-likeness (QED) is 0.441. The van der Waals surface area contributed by atoms with Crippen LogP contribution in [-0.4, -0.2) is 4.92 Å². The lowest BCUT2D eigenvalue weighted by molar-refractivity contribution is -0.385. The van der Waals surface area contributed by atoms with Gasteiger partial charge in [-0.2, -0.15) is 13.2 Å². The van der Waals surface area contributed by atoms with Crippen LogP contribution < -0.4 is 5.32 Å². The molecule has 0 amide bonds. The summed E-state index contributed by atoms with van der Waals surface area (Å²) >= 11 is 0. The molecule has 0 bridgehead atoms. The average Bonchev–Trinajstić information content (AvgIpc) is 3.09. The van der Waals surface area contributed by atoms with E-state index in [0.717, 1.165) is 6.07 Å². The molecule has 2 aromatic carbocycles. The normalized spacial score (nSPS) is 23.9. The highest BCUT2D eigenvalue weighted by Crippen LogP contribution is 2.51. The average molecular weight is 360 g/mol. The Hall–Kier alpha value is -2.83. The Labute approximate surface area is 147 Å². The van der Waals surface area contributed by atoms with Crippen LogP contribution in [-0.2, 0) is 6.18 Å². The van der Waals surface area contributed by atoms with Crippen LogP contribution in [0.5, 0.6) is 0 Å². The van der Waals surface area contributed by atoms with Gasteiger partial charge < -0.3 is 5.32 Å². The second-order valence-electron chi connectivity index (χ2n) is 6.59. The van der Waals surface area contributed by atoms with E-state index in [1.54, 1.807) is 18.2 Å². The molecule has 4 nitrogen and oxygen atoms in total. The number of halogens is 3. The van der Waals surface area contributed by atoms with Crippen LogP contribution in [0.1, 0.15) is 35.1 Å². The smallest absolute Gasteiger partial charge is 0.377 e. The number of benzene rings is 2. The number of nitrogens with zero attached hydrogens (tertiary/aromatic N) is 1. The molecule has 2 aromatic rings.